The van der Waals surface area contributed by atoms with E-state index >= 15 is 0 Å². The number of hydrogen-bond donors (Lipinski definition) is 0. The lowest BCUT2D eigenvalue weighted by Crippen LogP contribution is -2.35. The number of rotatable bonds is 9. The first-order chi connectivity index (χ1) is 14.5. The molecule has 160 valence electrons. The van der Waals surface area contributed by atoms with Crippen molar-refractivity contribution >= 4 is 40.5 Å². The number of carbonyl (C=O) groups excluding carboxylic acids is 1. The van der Waals surface area contributed by atoms with Crippen molar-refractivity contribution < 1.29 is 18.5 Å². The van der Waals surface area contributed by atoms with Crippen molar-refractivity contribution in [3.8, 4) is 5.75 Å². The third-order valence-electron chi connectivity index (χ3n) is 4.99. The molecule has 1 unspecified atom stereocenters. The number of nitrogens with zero attached hydrogens (tertiary/aromatic N) is 3. The fourth-order valence-corrected chi connectivity index (χ4v) is 4.00. The van der Waals surface area contributed by atoms with Crippen LogP contribution in [0.4, 0.5) is 4.39 Å². The molecular formula is C22H25Cl2FN3O2+. The van der Waals surface area contributed by atoms with E-state index in [-0.39, 0.29) is 12.3 Å². The third kappa shape index (κ3) is 4.93. The van der Waals surface area contributed by atoms with Crippen LogP contribution in [0.25, 0.3) is 0 Å². The van der Waals surface area contributed by atoms with Gasteiger partial charge in [0.05, 0.1) is 13.3 Å². The number of benzene rings is 1. The van der Waals surface area contributed by atoms with E-state index in [1.807, 2.05) is 42.7 Å². The van der Waals surface area contributed by atoms with Crippen molar-refractivity contribution in [1.82, 2.24) is 4.90 Å². The van der Waals surface area contributed by atoms with Gasteiger partial charge in [0, 0.05) is 25.1 Å². The minimum absolute atomic E-state index is 0.0183. The molecule has 0 fully saturated rings. The van der Waals surface area contributed by atoms with Crippen LogP contribution >= 0.6 is 23.2 Å². The number of carbonyl (C=O) groups is 1. The Labute approximate surface area is 186 Å². The van der Waals surface area contributed by atoms with E-state index in [0.29, 0.717) is 47.6 Å². The molecule has 0 N–H and O–H groups in total. The molecule has 0 saturated carbocycles. The highest BCUT2D eigenvalue weighted by Gasteiger charge is 2.40. The first kappa shape index (κ1) is 22.5. The zero-order chi connectivity index (χ0) is 21.7. The predicted octanol–water partition coefficient (Wildman–Crippen LogP) is 4.48. The molecule has 1 atom stereocenters. The second-order valence-electron chi connectivity index (χ2n) is 6.91. The lowest BCUT2D eigenvalue weighted by atomic mass is 10.0. The molecule has 1 aromatic carbocycles. The van der Waals surface area contributed by atoms with Gasteiger partial charge in [0.1, 0.15) is 27.9 Å². The summed E-state index contributed by atoms with van der Waals surface area (Å²) < 4.78 is 19.7. The summed E-state index contributed by atoms with van der Waals surface area (Å²) in [5.41, 5.74) is 2.30. The van der Waals surface area contributed by atoms with E-state index in [4.69, 9.17) is 32.9 Å². The van der Waals surface area contributed by atoms with Crippen LogP contribution in [0.15, 0.2) is 51.6 Å². The third-order valence-corrected chi connectivity index (χ3v) is 5.51. The Morgan fingerprint density at radius 3 is 2.57 bits per heavy atom. The van der Waals surface area contributed by atoms with Gasteiger partial charge in [-0.3, -0.25) is 9.18 Å². The molecule has 0 spiro atoms. The molecular weight excluding hydrogens is 427 g/mol. The number of hydrogen-bond acceptors (Lipinski definition) is 3. The van der Waals surface area contributed by atoms with Gasteiger partial charge in [-0.05, 0) is 44.2 Å². The Morgan fingerprint density at radius 1 is 1.23 bits per heavy atom. The normalized spacial score (nSPS) is 17.9. The van der Waals surface area contributed by atoms with Crippen LogP contribution in [0.3, 0.4) is 0 Å². The zero-order valence-electron chi connectivity index (χ0n) is 17.1. The SMILES string of the molecule is CCN(CC)C(=O)CC1=[N+]2C=C(Cl)C=C(Cl)C2N=C1c1ccc(OCCC[18F])cc1. The highest BCUT2D eigenvalue weighted by atomic mass is 35.5. The van der Waals surface area contributed by atoms with Crippen LogP contribution in [0.5, 0.6) is 5.75 Å². The summed E-state index contributed by atoms with van der Waals surface area (Å²) in [6.07, 6.45) is 3.55. The summed E-state index contributed by atoms with van der Waals surface area (Å²) >= 11 is 12.6. The van der Waals surface area contributed by atoms with Crippen molar-refractivity contribution in [2.24, 2.45) is 4.99 Å². The molecule has 8 heteroatoms. The second kappa shape index (κ2) is 10.2. The second-order valence-corrected chi connectivity index (χ2v) is 7.78. The summed E-state index contributed by atoms with van der Waals surface area (Å²) in [5, 5.41) is 0.980. The quantitative estimate of drug-likeness (QED) is 0.410. The van der Waals surface area contributed by atoms with Crippen LogP contribution in [0.1, 0.15) is 32.3 Å². The van der Waals surface area contributed by atoms with Gasteiger partial charge in [-0.2, -0.15) is 4.58 Å². The summed E-state index contributed by atoms with van der Waals surface area (Å²) in [6.45, 7) is 5.11. The van der Waals surface area contributed by atoms with E-state index in [1.54, 1.807) is 17.2 Å². The Bertz CT molecular complexity index is 919. The molecule has 5 nitrogen and oxygen atoms in total. The van der Waals surface area contributed by atoms with Gasteiger partial charge in [-0.25, -0.2) is 4.99 Å². The smallest absolute Gasteiger partial charge is 0.288 e. The summed E-state index contributed by atoms with van der Waals surface area (Å²) in [7, 11) is 0. The lowest BCUT2D eigenvalue weighted by molar-refractivity contribution is -0.483. The Morgan fingerprint density at radius 2 is 1.93 bits per heavy atom. The minimum atomic E-state index is -0.427. The topological polar surface area (TPSA) is 44.9 Å². The molecule has 2 heterocycles. The highest BCUT2D eigenvalue weighted by Crippen LogP contribution is 2.29. The number of allylic oxidation sites excluding steroid dienone is 2. The number of fused-ring (bicyclic) bond motifs is 1. The van der Waals surface area contributed by atoms with Gasteiger partial charge >= 0.3 is 0 Å². The molecule has 30 heavy (non-hydrogen) atoms. The highest BCUT2D eigenvalue weighted by molar-refractivity contribution is 6.50. The molecule has 1 aromatic rings. The van der Waals surface area contributed by atoms with Gasteiger partial charge in [0.25, 0.3) is 6.17 Å². The van der Waals surface area contributed by atoms with Gasteiger partial charge in [-0.15, -0.1) is 0 Å². The molecule has 0 bridgehead atoms. The fraction of sp³-hybridized carbons (Fsp3) is 0.409. The molecule has 0 saturated heterocycles. The Balaban J connectivity index is 1.93. The molecule has 2 aliphatic heterocycles. The van der Waals surface area contributed by atoms with Crippen LogP contribution in [0, 0.1) is 0 Å². The Kier molecular flexibility index (Phi) is 7.67. The molecule has 3 rings (SSSR count). The largest absolute Gasteiger partial charge is 0.493 e. The lowest BCUT2D eigenvalue weighted by Gasteiger charge is -2.18. The molecule has 0 radical (unpaired) electrons. The van der Waals surface area contributed by atoms with Crippen molar-refractivity contribution in [2.45, 2.75) is 32.9 Å². The number of ether oxygens (including phenoxy) is 1. The van der Waals surface area contributed by atoms with Crippen molar-refractivity contribution in [2.75, 3.05) is 26.4 Å². The van der Waals surface area contributed by atoms with Gasteiger partial charge in [-0.1, -0.05) is 23.2 Å². The number of amides is 1. The van der Waals surface area contributed by atoms with Crippen molar-refractivity contribution in [3.05, 3.63) is 52.2 Å². The number of aliphatic imine (C=N–C) groups is 1. The zero-order valence-corrected chi connectivity index (χ0v) is 18.6. The van der Waals surface area contributed by atoms with Crippen LogP contribution in [-0.2, 0) is 4.79 Å². The van der Waals surface area contributed by atoms with E-state index in [2.05, 4.69) is 0 Å². The van der Waals surface area contributed by atoms with E-state index in [0.717, 1.165) is 11.3 Å². The minimum Gasteiger partial charge on any atom is -0.493 e. The maximum Gasteiger partial charge on any atom is 0.288 e. The molecule has 1 amide bonds. The van der Waals surface area contributed by atoms with E-state index in [9.17, 15) is 9.18 Å². The first-order valence-electron chi connectivity index (χ1n) is 10.0. The van der Waals surface area contributed by atoms with E-state index in [1.165, 1.54) is 0 Å². The molecule has 0 aromatic heterocycles. The maximum absolute atomic E-state index is 12.8. The van der Waals surface area contributed by atoms with Crippen LogP contribution in [-0.4, -0.2) is 59.3 Å². The van der Waals surface area contributed by atoms with Crippen molar-refractivity contribution in [1.29, 1.82) is 0 Å². The number of alkyl halides is 1. The average molecular weight is 452 g/mol. The predicted molar refractivity (Wildman–Crippen MR) is 119 cm³/mol. The summed E-state index contributed by atoms with van der Waals surface area (Å²) in [6, 6.07) is 7.40. The van der Waals surface area contributed by atoms with Crippen LogP contribution in [0.2, 0.25) is 0 Å². The fourth-order valence-electron chi connectivity index (χ4n) is 3.45. The molecule has 0 aliphatic carbocycles. The van der Waals surface area contributed by atoms with E-state index < -0.39 is 12.8 Å². The summed E-state index contributed by atoms with van der Waals surface area (Å²) in [4.78, 5) is 19.4. The van der Waals surface area contributed by atoms with Crippen LogP contribution < -0.4 is 4.74 Å². The monoisotopic (exact) mass is 451 g/mol. The van der Waals surface area contributed by atoms with Gasteiger partial charge in [0.2, 0.25) is 11.6 Å². The average Bonchev–Trinajstić information content (AvgIpc) is 3.08. The Hall–Kier alpha value is -2.18. The number of halogens is 3. The first-order valence-corrected chi connectivity index (χ1v) is 10.8. The summed E-state index contributed by atoms with van der Waals surface area (Å²) in [5.74, 6) is 0.676. The molecule has 2 aliphatic rings. The maximum atomic E-state index is 12.8. The van der Waals surface area contributed by atoms with Gasteiger partial charge < -0.3 is 9.64 Å². The van der Waals surface area contributed by atoms with Gasteiger partial charge in [0.15, 0.2) is 6.20 Å². The van der Waals surface area contributed by atoms with Crippen molar-refractivity contribution in [3.63, 3.8) is 0 Å². The standard InChI is InChI=1S/C22H25Cl2FN3O2/c1-3-27(4-2)20(29)13-19-21(26-22-18(24)12-16(23)14-28(19)22)15-6-8-17(9-7-15)30-11-5-10-25/h6-9,12,14,22H,3-5,10-11,13H2,1-2H3/q+1/i25-1.